The molecule has 0 unspecified atom stereocenters. The van der Waals surface area contributed by atoms with E-state index in [0.717, 1.165) is 35.3 Å². The summed E-state index contributed by atoms with van der Waals surface area (Å²) in [6, 6.07) is 4.73. The Morgan fingerprint density at radius 2 is 2.11 bits per heavy atom. The van der Waals surface area contributed by atoms with Gasteiger partial charge in [-0.2, -0.15) is 5.10 Å². The first-order valence-corrected chi connectivity index (χ1v) is 6.18. The highest BCUT2D eigenvalue weighted by molar-refractivity contribution is 5.68. The van der Waals surface area contributed by atoms with Crippen LogP contribution in [0.4, 0.5) is 4.39 Å². The number of aryl methyl sites for hydroxylation is 2. The van der Waals surface area contributed by atoms with E-state index in [9.17, 15) is 4.39 Å². The van der Waals surface area contributed by atoms with E-state index in [1.165, 1.54) is 12.1 Å². The third kappa shape index (κ3) is 2.43. The summed E-state index contributed by atoms with van der Waals surface area (Å²) in [7, 11) is 0. The van der Waals surface area contributed by atoms with Gasteiger partial charge in [-0.3, -0.25) is 4.68 Å². The quantitative estimate of drug-likeness (QED) is 0.902. The van der Waals surface area contributed by atoms with Gasteiger partial charge in [-0.25, -0.2) is 4.39 Å². The zero-order valence-electron chi connectivity index (χ0n) is 10.8. The minimum Gasteiger partial charge on any atom is -0.326 e. The molecule has 18 heavy (non-hydrogen) atoms. The molecule has 1 aromatic heterocycles. The third-order valence-electron chi connectivity index (χ3n) is 2.98. The van der Waals surface area contributed by atoms with Crippen molar-refractivity contribution < 1.29 is 4.39 Å². The predicted molar refractivity (Wildman–Crippen MR) is 70.5 cm³/mol. The van der Waals surface area contributed by atoms with Crippen LogP contribution in [-0.2, 0) is 13.1 Å². The Bertz CT molecular complexity index is 546. The van der Waals surface area contributed by atoms with Crippen molar-refractivity contribution in [2.45, 2.75) is 33.4 Å². The van der Waals surface area contributed by atoms with Crippen LogP contribution in [0.25, 0.3) is 11.1 Å². The van der Waals surface area contributed by atoms with E-state index in [1.807, 2.05) is 17.8 Å². The van der Waals surface area contributed by atoms with E-state index in [-0.39, 0.29) is 5.82 Å². The summed E-state index contributed by atoms with van der Waals surface area (Å²) < 4.78 is 15.1. The lowest BCUT2D eigenvalue weighted by atomic mass is 10.0. The van der Waals surface area contributed by atoms with Crippen molar-refractivity contribution in [1.29, 1.82) is 0 Å². The molecule has 0 bridgehead atoms. The maximum absolute atomic E-state index is 13.2. The van der Waals surface area contributed by atoms with Crippen LogP contribution in [-0.4, -0.2) is 9.78 Å². The molecule has 1 aromatic carbocycles. The Morgan fingerprint density at radius 3 is 2.78 bits per heavy atom. The summed E-state index contributed by atoms with van der Waals surface area (Å²) in [5.74, 6) is -0.252. The van der Waals surface area contributed by atoms with E-state index >= 15 is 0 Å². The van der Waals surface area contributed by atoms with Crippen LogP contribution in [0.3, 0.4) is 0 Å². The molecule has 1 heterocycles. The number of aromatic nitrogens is 2. The molecule has 0 aliphatic rings. The lowest BCUT2D eigenvalue weighted by Crippen LogP contribution is -2.00. The lowest BCUT2D eigenvalue weighted by molar-refractivity contribution is 0.598. The minimum atomic E-state index is -0.252. The second-order valence-electron chi connectivity index (χ2n) is 4.40. The molecule has 0 aliphatic carbocycles. The normalized spacial score (nSPS) is 10.9. The predicted octanol–water partition coefficient (Wildman–Crippen LogP) is 2.87. The van der Waals surface area contributed by atoms with Crippen LogP contribution < -0.4 is 5.73 Å². The standard InChI is InChI=1S/C14H18FN3/c1-3-6-18-9-14(10(2)17-18)13-5-4-12(15)7-11(13)8-16/h4-5,7,9H,3,6,8,16H2,1-2H3. The van der Waals surface area contributed by atoms with E-state index in [0.29, 0.717) is 6.54 Å². The number of halogens is 1. The Labute approximate surface area is 106 Å². The Morgan fingerprint density at radius 1 is 1.33 bits per heavy atom. The molecule has 4 heteroatoms. The highest BCUT2D eigenvalue weighted by Crippen LogP contribution is 2.27. The fraction of sp³-hybridized carbons (Fsp3) is 0.357. The zero-order chi connectivity index (χ0) is 13.1. The zero-order valence-corrected chi connectivity index (χ0v) is 10.8. The molecule has 0 atom stereocenters. The Balaban J connectivity index is 2.47. The number of nitrogens with two attached hydrogens (primary N) is 1. The van der Waals surface area contributed by atoms with Gasteiger partial charge in [0.05, 0.1) is 5.69 Å². The summed E-state index contributed by atoms with van der Waals surface area (Å²) in [4.78, 5) is 0. The van der Waals surface area contributed by atoms with Crippen molar-refractivity contribution in [2.24, 2.45) is 5.73 Å². The maximum Gasteiger partial charge on any atom is 0.123 e. The van der Waals surface area contributed by atoms with Gasteiger partial charge in [0.1, 0.15) is 5.82 Å². The van der Waals surface area contributed by atoms with Gasteiger partial charge in [0.25, 0.3) is 0 Å². The molecule has 96 valence electrons. The molecule has 0 amide bonds. The number of hydrogen-bond donors (Lipinski definition) is 1. The molecule has 0 spiro atoms. The van der Waals surface area contributed by atoms with Gasteiger partial charge in [-0.05, 0) is 36.6 Å². The molecule has 2 rings (SSSR count). The summed E-state index contributed by atoms with van der Waals surface area (Å²) >= 11 is 0. The number of hydrogen-bond acceptors (Lipinski definition) is 2. The fourth-order valence-corrected chi connectivity index (χ4v) is 2.12. The van der Waals surface area contributed by atoms with Crippen LogP contribution in [0.15, 0.2) is 24.4 Å². The van der Waals surface area contributed by atoms with E-state index in [4.69, 9.17) is 5.73 Å². The first-order valence-electron chi connectivity index (χ1n) is 6.18. The van der Waals surface area contributed by atoms with Gasteiger partial charge < -0.3 is 5.73 Å². The fourth-order valence-electron chi connectivity index (χ4n) is 2.12. The second kappa shape index (κ2) is 5.31. The van der Waals surface area contributed by atoms with E-state index in [1.54, 1.807) is 6.07 Å². The summed E-state index contributed by atoms with van der Waals surface area (Å²) in [6.45, 7) is 5.29. The third-order valence-corrected chi connectivity index (χ3v) is 2.98. The Hall–Kier alpha value is -1.68. The van der Waals surface area contributed by atoms with Crippen LogP contribution in [0.1, 0.15) is 24.6 Å². The Kier molecular flexibility index (Phi) is 3.77. The second-order valence-corrected chi connectivity index (χ2v) is 4.40. The highest BCUT2D eigenvalue weighted by atomic mass is 19.1. The molecule has 0 fully saturated rings. The summed E-state index contributed by atoms with van der Waals surface area (Å²) in [6.07, 6.45) is 3.04. The summed E-state index contributed by atoms with van der Waals surface area (Å²) in [5, 5.41) is 4.46. The molecule has 3 nitrogen and oxygen atoms in total. The number of rotatable bonds is 4. The van der Waals surface area contributed by atoms with Gasteiger partial charge in [0.15, 0.2) is 0 Å². The van der Waals surface area contributed by atoms with Gasteiger partial charge in [-0.15, -0.1) is 0 Å². The van der Waals surface area contributed by atoms with Crippen LogP contribution in [0, 0.1) is 12.7 Å². The average molecular weight is 247 g/mol. The van der Waals surface area contributed by atoms with Gasteiger partial charge in [0.2, 0.25) is 0 Å². The molecule has 0 radical (unpaired) electrons. The van der Waals surface area contributed by atoms with Crippen molar-refractivity contribution in [2.75, 3.05) is 0 Å². The van der Waals surface area contributed by atoms with Crippen molar-refractivity contribution >= 4 is 0 Å². The van der Waals surface area contributed by atoms with Crippen LogP contribution >= 0.6 is 0 Å². The highest BCUT2D eigenvalue weighted by Gasteiger charge is 2.11. The number of nitrogens with zero attached hydrogens (tertiary/aromatic N) is 2. The van der Waals surface area contributed by atoms with Crippen LogP contribution in [0.5, 0.6) is 0 Å². The van der Waals surface area contributed by atoms with Crippen molar-refractivity contribution in [1.82, 2.24) is 9.78 Å². The van der Waals surface area contributed by atoms with Crippen LogP contribution in [0.2, 0.25) is 0 Å². The van der Waals surface area contributed by atoms with Gasteiger partial charge >= 0.3 is 0 Å². The van der Waals surface area contributed by atoms with E-state index in [2.05, 4.69) is 12.0 Å². The largest absolute Gasteiger partial charge is 0.326 e. The lowest BCUT2D eigenvalue weighted by Gasteiger charge is -2.06. The molecule has 0 saturated carbocycles. The SMILES string of the molecule is CCCn1cc(-c2ccc(F)cc2CN)c(C)n1. The smallest absolute Gasteiger partial charge is 0.123 e. The molecule has 2 N–H and O–H groups in total. The summed E-state index contributed by atoms with van der Waals surface area (Å²) in [5.41, 5.74) is 9.44. The molecule has 2 aromatic rings. The van der Waals surface area contributed by atoms with Gasteiger partial charge in [-0.1, -0.05) is 13.0 Å². The molecule has 0 saturated heterocycles. The topological polar surface area (TPSA) is 43.8 Å². The minimum absolute atomic E-state index is 0.252. The molecular weight excluding hydrogens is 229 g/mol. The molecular formula is C14H18FN3. The first kappa shape index (κ1) is 12.8. The van der Waals surface area contributed by atoms with Crippen molar-refractivity contribution in [3.05, 3.63) is 41.5 Å². The van der Waals surface area contributed by atoms with E-state index < -0.39 is 0 Å². The van der Waals surface area contributed by atoms with Gasteiger partial charge in [0, 0.05) is 24.8 Å². The maximum atomic E-state index is 13.2. The number of benzene rings is 1. The average Bonchev–Trinajstić information content (AvgIpc) is 2.70. The monoisotopic (exact) mass is 247 g/mol. The first-order chi connectivity index (χ1) is 8.65. The van der Waals surface area contributed by atoms with Crippen molar-refractivity contribution in [3.8, 4) is 11.1 Å². The van der Waals surface area contributed by atoms with Crippen molar-refractivity contribution in [3.63, 3.8) is 0 Å². The molecule has 0 aliphatic heterocycles.